The highest BCUT2D eigenvalue weighted by Crippen LogP contribution is 1.80. The van der Waals surface area contributed by atoms with Gasteiger partial charge in [-0.2, -0.15) is 0 Å². The minimum absolute atomic E-state index is 0.157. The molecule has 3 nitrogen and oxygen atoms in total. The van der Waals surface area contributed by atoms with Crippen molar-refractivity contribution in [3.63, 3.8) is 0 Å². The van der Waals surface area contributed by atoms with Crippen LogP contribution in [0, 0.1) is 0 Å². The molecule has 0 atom stereocenters. The lowest BCUT2D eigenvalue weighted by atomic mass is 10.3. The summed E-state index contributed by atoms with van der Waals surface area (Å²) in [5, 5.41) is 3.31. The Hall–Kier alpha value is -0.570. The molecule has 0 radical (unpaired) electrons. The number of rotatable bonds is 3. The largest absolute Gasteiger partial charge is 0.469 e. The average molecular weight is 189 g/mol. The molecule has 0 rings (SSSR count). The van der Waals surface area contributed by atoms with Gasteiger partial charge in [-0.1, -0.05) is 34.6 Å². The number of carbonyl (C=O) groups is 1. The van der Waals surface area contributed by atoms with Gasteiger partial charge in [0.15, 0.2) is 0 Å². The highest BCUT2D eigenvalue weighted by Gasteiger charge is 1.92. The molecule has 0 aliphatic heterocycles. The topological polar surface area (TPSA) is 38.3 Å². The molecule has 0 aliphatic carbocycles. The van der Waals surface area contributed by atoms with E-state index in [-0.39, 0.29) is 5.97 Å². The standard InChI is InChI=1S/C6H15N.C4H8O2/c1-5(2)7-6(3)4;1-3-4(5)6-2/h5-7H,1-4H3;3H2,1-2H3. The predicted molar refractivity (Wildman–Crippen MR) is 55.7 cm³/mol. The monoisotopic (exact) mass is 189 g/mol. The quantitative estimate of drug-likeness (QED) is 0.690. The average Bonchev–Trinajstić information content (AvgIpc) is 2.01. The molecule has 0 heterocycles. The molecular weight excluding hydrogens is 166 g/mol. The second kappa shape index (κ2) is 9.52. The first kappa shape index (κ1) is 14.9. The Morgan fingerprint density at radius 2 is 1.62 bits per heavy atom. The summed E-state index contributed by atoms with van der Waals surface area (Å²) in [5.41, 5.74) is 0. The zero-order chi connectivity index (χ0) is 10.9. The molecule has 0 aromatic carbocycles. The van der Waals surface area contributed by atoms with Gasteiger partial charge in [0.2, 0.25) is 0 Å². The summed E-state index contributed by atoms with van der Waals surface area (Å²) >= 11 is 0. The molecule has 80 valence electrons. The third-order valence-electron chi connectivity index (χ3n) is 1.18. The first-order valence-corrected chi connectivity index (χ1v) is 4.76. The van der Waals surface area contributed by atoms with Crippen molar-refractivity contribution in [2.45, 2.75) is 53.1 Å². The Bertz CT molecular complexity index is 110. The molecule has 0 fully saturated rings. The van der Waals surface area contributed by atoms with E-state index in [9.17, 15) is 4.79 Å². The van der Waals surface area contributed by atoms with Crippen LogP contribution in [0.15, 0.2) is 0 Å². The molecule has 0 aromatic heterocycles. The number of ether oxygens (including phenoxy) is 1. The van der Waals surface area contributed by atoms with Crippen LogP contribution < -0.4 is 5.32 Å². The maximum Gasteiger partial charge on any atom is 0.305 e. The first-order valence-electron chi connectivity index (χ1n) is 4.76. The molecule has 0 spiro atoms. The van der Waals surface area contributed by atoms with E-state index in [1.54, 1.807) is 6.92 Å². The van der Waals surface area contributed by atoms with Gasteiger partial charge in [0.25, 0.3) is 0 Å². The number of carbonyl (C=O) groups excluding carboxylic acids is 1. The third kappa shape index (κ3) is 18.4. The zero-order valence-corrected chi connectivity index (χ0v) is 9.68. The van der Waals surface area contributed by atoms with E-state index >= 15 is 0 Å². The molecule has 0 amide bonds. The lowest BCUT2D eigenvalue weighted by molar-refractivity contribution is -0.140. The normalized spacial score (nSPS) is 9.54. The van der Waals surface area contributed by atoms with Crippen molar-refractivity contribution in [2.75, 3.05) is 7.11 Å². The summed E-state index contributed by atoms with van der Waals surface area (Å²) in [6, 6.07) is 1.25. The van der Waals surface area contributed by atoms with Crippen LogP contribution in [0.2, 0.25) is 0 Å². The third-order valence-corrected chi connectivity index (χ3v) is 1.18. The number of nitrogens with one attached hydrogen (secondary N) is 1. The Morgan fingerprint density at radius 3 is 1.62 bits per heavy atom. The molecule has 0 bridgehead atoms. The number of hydrogen-bond donors (Lipinski definition) is 1. The van der Waals surface area contributed by atoms with E-state index in [0.717, 1.165) is 0 Å². The number of hydrogen-bond acceptors (Lipinski definition) is 3. The summed E-state index contributed by atoms with van der Waals surface area (Å²) in [4.78, 5) is 9.96. The van der Waals surface area contributed by atoms with Gasteiger partial charge in [-0.3, -0.25) is 4.79 Å². The van der Waals surface area contributed by atoms with Gasteiger partial charge >= 0.3 is 5.97 Å². The minimum atomic E-state index is -0.157. The van der Waals surface area contributed by atoms with Gasteiger partial charge in [0.1, 0.15) is 0 Å². The van der Waals surface area contributed by atoms with Crippen LogP contribution >= 0.6 is 0 Å². The molecule has 0 aliphatic rings. The maximum absolute atomic E-state index is 9.96. The molecule has 0 unspecified atom stereocenters. The second-order valence-corrected chi connectivity index (χ2v) is 3.41. The Kier molecular flexibility index (Phi) is 10.9. The molecule has 0 aromatic rings. The van der Waals surface area contributed by atoms with E-state index in [4.69, 9.17) is 0 Å². The molecule has 0 saturated heterocycles. The number of methoxy groups -OCH3 is 1. The summed E-state index contributed by atoms with van der Waals surface area (Å²) in [6.07, 6.45) is 0.469. The van der Waals surface area contributed by atoms with Gasteiger partial charge in [0.05, 0.1) is 7.11 Å². The highest BCUT2D eigenvalue weighted by molar-refractivity contribution is 5.68. The zero-order valence-electron chi connectivity index (χ0n) is 9.68. The first-order chi connectivity index (χ1) is 5.93. The molecule has 0 saturated carbocycles. The molecule has 3 heteroatoms. The van der Waals surface area contributed by atoms with Crippen molar-refractivity contribution < 1.29 is 9.53 Å². The summed E-state index contributed by atoms with van der Waals surface area (Å²) in [6.45, 7) is 10.4. The van der Waals surface area contributed by atoms with Crippen LogP contribution in [-0.2, 0) is 9.53 Å². The smallest absolute Gasteiger partial charge is 0.305 e. The van der Waals surface area contributed by atoms with E-state index in [1.165, 1.54) is 7.11 Å². The number of esters is 1. The Morgan fingerprint density at radius 1 is 1.23 bits per heavy atom. The van der Waals surface area contributed by atoms with Crippen LogP contribution in [0.4, 0.5) is 0 Å². The van der Waals surface area contributed by atoms with Gasteiger partial charge in [-0.25, -0.2) is 0 Å². The fourth-order valence-electron chi connectivity index (χ4n) is 0.811. The maximum atomic E-state index is 9.96. The van der Waals surface area contributed by atoms with Crippen LogP contribution in [0.3, 0.4) is 0 Å². The van der Waals surface area contributed by atoms with Crippen LogP contribution in [-0.4, -0.2) is 25.2 Å². The van der Waals surface area contributed by atoms with Crippen molar-refractivity contribution in [1.82, 2.24) is 5.32 Å². The fourth-order valence-corrected chi connectivity index (χ4v) is 0.811. The highest BCUT2D eigenvalue weighted by atomic mass is 16.5. The SMILES string of the molecule is CC(C)NC(C)C.CCC(=O)OC. The lowest BCUT2D eigenvalue weighted by Crippen LogP contribution is -2.29. The van der Waals surface area contributed by atoms with Crippen molar-refractivity contribution >= 4 is 5.97 Å². The van der Waals surface area contributed by atoms with Crippen molar-refractivity contribution in [3.05, 3.63) is 0 Å². The second-order valence-electron chi connectivity index (χ2n) is 3.41. The Labute approximate surface area is 81.9 Å². The predicted octanol–water partition coefficient (Wildman–Crippen LogP) is 1.96. The molecule has 13 heavy (non-hydrogen) atoms. The molecule has 1 N–H and O–H groups in total. The summed E-state index contributed by atoms with van der Waals surface area (Å²) in [5.74, 6) is -0.157. The van der Waals surface area contributed by atoms with Gasteiger partial charge in [0, 0.05) is 18.5 Å². The fraction of sp³-hybridized carbons (Fsp3) is 0.900. The van der Waals surface area contributed by atoms with Crippen LogP contribution in [0.25, 0.3) is 0 Å². The van der Waals surface area contributed by atoms with Crippen molar-refractivity contribution in [2.24, 2.45) is 0 Å². The van der Waals surface area contributed by atoms with Crippen LogP contribution in [0.5, 0.6) is 0 Å². The van der Waals surface area contributed by atoms with E-state index in [1.807, 2.05) is 0 Å². The van der Waals surface area contributed by atoms with Crippen LogP contribution in [0.1, 0.15) is 41.0 Å². The lowest BCUT2D eigenvalue weighted by Gasteiger charge is -2.10. The van der Waals surface area contributed by atoms with Gasteiger partial charge < -0.3 is 10.1 Å². The van der Waals surface area contributed by atoms with Gasteiger partial charge in [-0.15, -0.1) is 0 Å². The van der Waals surface area contributed by atoms with Crippen molar-refractivity contribution in [3.8, 4) is 0 Å². The van der Waals surface area contributed by atoms with Crippen molar-refractivity contribution in [1.29, 1.82) is 0 Å². The minimum Gasteiger partial charge on any atom is -0.469 e. The Balaban J connectivity index is 0. The summed E-state index contributed by atoms with van der Waals surface area (Å²) in [7, 11) is 1.38. The molecular formula is C10H23NO2. The van der Waals surface area contributed by atoms with Gasteiger partial charge in [-0.05, 0) is 0 Å². The van der Waals surface area contributed by atoms with E-state index in [2.05, 4.69) is 37.7 Å². The summed E-state index contributed by atoms with van der Waals surface area (Å²) < 4.78 is 4.26. The van der Waals surface area contributed by atoms with E-state index in [0.29, 0.717) is 18.5 Å². The van der Waals surface area contributed by atoms with E-state index < -0.39 is 0 Å².